The molecule has 25 heavy (non-hydrogen) atoms. The molecule has 0 radical (unpaired) electrons. The second-order valence-corrected chi connectivity index (χ2v) is 6.55. The fourth-order valence-electron chi connectivity index (χ4n) is 3.24. The number of hydrogen-bond acceptors (Lipinski definition) is 4. The Bertz CT molecular complexity index is 567. The zero-order chi connectivity index (χ0) is 17.5. The van der Waals surface area contributed by atoms with E-state index in [1.54, 1.807) is 0 Å². The average Bonchev–Trinajstić information content (AvgIpc) is 2.64. The summed E-state index contributed by atoms with van der Waals surface area (Å²) in [6.07, 6.45) is 2.04. The van der Waals surface area contributed by atoms with Crippen molar-refractivity contribution in [2.45, 2.75) is 31.3 Å². The average molecular weight is 346 g/mol. The Balaban J connectivity index is 1.37. The van der Waals surface area contributed by atoms with Crippen molar-refractivity contribution in [1.82, 2.24) is 15.5 Å². The highest BCUT2D eigenvalue weighted by atomic mass is 16.5. The summed E-state index contributed by atoms with van der Waals surface area (Å²) in [6, 6.07) is 9.40. The molecular formula is C18H26N4O3. The van der Waals surface area contributed by atoms with Gasteiger partial charge in [0.25, 0.3) is 0 Å². The van der Waals surface area contributed by atoms with Gasteiger partial charge in [-0.1, -0.05) is 18.2 Å². The molecular weight excluding hydrogens is 320 g/mol. The van der Waals surface area contributed by atoms with Gasteiger partial charge in [-0.2, -0.15) is 0 Å². The fraction of sp³-hybridized carbons (Fsp3) is 0.556. The van der Waals surface area contributed by atoms with E-state index in [2.05, 4.69) is 16.0 Å². The second kappa shape index (κ2) is 8.82. The predicted molar refractivity (Wildman–Crippen MR) is 95.4 cm³/mol. The Kier molecular flexibility index (Phi) is 6.25. The molecule has 3 amide bonds. The number of likely N-dealkylation sites (tertiary alicyclic amines) is 1. The zero-order valence-corrected chi connectivity index (χ0v) is 14.4. The van der Waals surface area contributed by atoms with Gasteiger partial charge in [0.05, 0.1) is 13.2 Å². The summed E-state index contributed by atoms with van der Waals surface area (Å²) < 4.78 is 5.39. The van der Waals surface area contributed by atoms with Gasteiger partial charge in [-0.25, -0.2) is 4.79 Å². The second-order valence-electron chi connectivity index (χ2n) is 6.55. The van der Waals surface area contributed by atoms with E-state index in [1.807, 2.05) is 35.2 Å². The number of anilines is 1. The molecule has 1 aromatic rings. The first kappa shape index (κ1) is 17.7. The van der Waals surface area contributed by atoms with E-state index >= 15 is 0 Å². The van der Waals surface area contributed by atoms with Gasteiger partial charge in [-0.15, -0.1) is 0 Å². The Labute approximate surface area is 148 Å². The Morgan fingerprint density at radius 2 is 1.96 bits per heavy atom. The summed E-state index contributed by atoms with van der Waals surface area (Å²) >= 11 is 0. The van der Waals surface area contributed by atoms with E-state index in [9.17, 15) is 9.59 Å². The highest BCUT2D eigenvalue weighted by Crippen LogP contribution is 2.13. The minimum absolute atomic E-state index is 0.101. The summed E-state index contributed by atoms with van der Waals surface area (Å²) in [4.78, 5) is 26.3. The third-order valence-corrected chi connectivity index (χ3v) is 4.63. The molecule has 0 saturated carbocycles. The lowest BCUT2D eigenvalue weighted by molar-refractivity contribution is -0.133. The number of benzene rings is 1. The quantitative estimate of drug-likeness (QED) is 0.764. The number of hydrogen-bond donors (Lipinski definition) is 3. The molecule has 1 atom stereocenters. The molecule has 0 bridgehead atoms. The van der Waals surface area contributed by atoms with Crippen molar-refractivity contribution in [3.8, 4) is 0 Å². The number of nitrogens with one attached hydrogen (secondary N) is 3. The predicted octanol–water partition coefficient (Wildman–Crippen LogP) is 1.18. The number of ether oxygens (including phenoxy) is 1. The number of rotatable bonds is 4. The minimum atomic E-state index is -0.195. The first-order chi connectivity index (χ1) is 12.2. The third kappa shape index (κ3) is 5.44. The summed E-state index contributed by atoms with van der Waals surface area (Å²) in [5.41, 5.74) is 0.773. The van der Waals surface area contributed by atoms with Crippen LogP contribution in [0.25, 0.3) is 0 Å². The lowest BCUT2D eigenvalue weighted by Gasteiger charge is -2.34. The molecule has 0 aliphatic carbocycles. The maximum Gasteiger partial charge on any atom is 0.319 e. The number of carbonyl (C=O) groups excluding carboxylic acids is 2. The van der Waals surface area contributed by atoms with Crippen LogP contribution in [0, 0.1) is 0 Å². The molecule has 7 nitrogen and oxygen atoms in total. The number of piperidine rings is 1. The van der Waals surface area contributed by atoms with E-state index in [-0.39, 0.29) is 24.0 Å². The number of para-hydroxylation sites is 1. The smallest absolute Gasteiger partial charge is 0.319 e. The van der Waals surface area contributed by atoms with Crippen molar-refractivity contribution in [1.29, 1.82) is 0 Å². The number of nitrogens with zero attached hydrogens (tertiary/aromatic N) is 1. The number of morpholine rings is 1. The highest BCUT2D eigenvalue weighted by Gasteiger charge is 2.26. The Morgan fingerprint density at radius 1 is 1.20 bits per heavy atom. The fourth-order valence-corrected chi connectivity index (χ4v) is 3.24. The summed E-state index contributed by atoms with van der Waals surface area (Å²) in [6.45, 7) is 3.49. The van der Waals surface area contributed by atoms with E-state index in [0.29, 0.717) is 32.7 Å². The monoisotopic (exact) mass is 346 g/mol. The number of carbonyl (C=O) groups is 2. The maximum absolute atomic E-state index is 12.4. The van der Waals surface area contributed by atoms with Gasteiger partial charge in [-0.3, -0.25) is 4.79 Å². The van der Waals surface area contributed by atoms with Crippen LogP contribution in [0.5, 0.6) is 0 Å². The van der Waals surface area contributed by atoms with Crippen molar-refractivity contribution >= 4 is 17.6 Å². The molecule has 3 rings (SSSR count). The maximum atomic E-state index is 12.4. The molecule has 1 unspecified atom stereocenters. The van der Waals surface area contributed by atoms with E-state index in [0.717, 1.165) is 25.1 Å². The van der Waals surface area contributed by atoms with Crippen LogP contribution in [0.4, 0.5) is 10.5 Å². The van der Waals surface area contributed by atoms with Crippen LogP contribution in [0.1, 0.15) is 19.3 Å². The molecule has 7 heteroatoms. The van der Waals surface area contributed by atoms with Crippen LogP contribution in [0.15, 0.2) is 30.3 Å². The summed E-state index contributed by atoms with van der Waals surface area (Å²) in [5.74, 6) is 0.162. The van der Waals surface area contributed by atoms with Gasteiger partial charge in [0.15, 0.2) is 0 Å². The molecule has 1 aromatic carbocycles. The van der Waals surface area contributed by atoms with Gasteiger partial charge in [0.2, 0.25) is 5.91 Å². The van der Waals surface area contributed by atoms with Crippen LogP contribution in [-0.2, 0) is 9.53 Å². The normalized spacial score (nSPS) is 21.6. The molecule has 3 N–H and O–H groups in total. The molecule has 2 heterocycles. The van der Waals surface area contributed by atoms with Gasteiger partial charge >= 0.3 is 6.03 Å². The number of amides is 3. The number of urea groups is 1. The third-order valence-electron chi connectivity index (χ3n) is 4.63. The zero-order valence-electron chi connectivity index (χ0n) is 14.4. The van der Waals surface area contributed by atoms with Gasteiger partial charge in [0, 0.05) is 43.8 Å². The van der Waals surface area contributed by atoms with E-state index in [1.165, 1.54) is 0 Å². The molecule has 136 valence electrons. The van der Waals surface area contributed by atoms with Crippen LogP contribution < -0.4 is 16.0 Å². The molecule has 2 fully saturated rings. The van der Waals surface area contributed by atoms with Crippen LogP contribution >= 0.6 is 0 Å². The first-order valence-corrected chi connectivity index (χ1v) is 8.92. The van der Waals surface area contributed by atoms with Crippen LogP contribution in [0.3, 0.4) is 0 Å². The molecule has 0 spiro atoms. The van der Waals surface area contributed by atoms with Gasteiger partial charge < -0.3 is 25.6 Å². The van der Waals surface area contributed by atoms with Crippen molar-refractivity contribution in [3.63, 3.8) is 0 Å². The molecule has 2 aliphatic heterocycles. The van der Waals surface area contributed by atoms with Gasteiger partial charge in [0.1, 0.15) is 0 Å². The molecule has 0 aromatic heterocycles. The van der Waals surface area contributed by atoms with E-state index < -0.39 is 0 Å². The summed E-state index contributed by atoms with van der Waals surface area (Å²) in [5, 5.41) is 9.12. The summed E-state index contributed by atoms with van der Waals surface area (Å²) in [7, 11) is 0. The van der Waals surface area contributed by atoms with Crippen molar-refractivity contribution < 1.29 is 14.3 Å². The highest BCUT2D eigenvalue weighted by molar-refractivity contribution is 5.89. The molecule has 2 saturated heterocycles. The minimum Gasteiger partial charge on any atom is -0.378 e. The van der Waals surface area contributed by atoms with Crippen molar-refractivity contribution in [2.24, 2.45) is 0 Å². The van der Waals surface area contributed by atoms with Crippen LogP contribution in [-0.4, -0.2) is 61.8 Å². The van der Waals surface area contributed by atoms with Crippen molar-refractivity contribution in [3.05, 3.63) is 30.3 Å². The lowest BCUT2D eigenvalue weighted by Crippen LogP contribution is -2.50. The van der Waals surface area contributed by atoms with Gasteiger partial charge in [-0.05, 0) is 25.0 Å². The Morgan fingerprint density at radius 3 is 2.64 bits per heavy atom. The van der Waals surface area contributed by atoms with E-state index in [4.69, 9.17) is 4.74 Å². The Hall–Kier alpha value is -2.12. The lowest BCUT2D eigenvalue weighted by atomic mass is 10.0. The standard InChI is InChI=1S/C18H26N4O3/c23-17(12-16-13-25-11-8-19-16)22-9-6-15(7-10-22)21-18(24)20-14-4-2-1-3-5-14/h1-5,15-16,19H,6-13H2,(H2,20,21,24). The van der Waals surface area contributed by atoms with Crippen molar-refractivity contribution in [2.75, 3.05) is 38.2 Å². The first-order valence-electron chi connectivity index (χ1n) is 8.92. The largest absolute Gasteiger partial charge is 0.378 e. The molecule has 2 aliphatic rings. The topological polar surface area (TPSA) is 82.7 Å². The van der Waals surface area contributed by atoms with Crippen LogP contribution in [0.2, 0.25) is 0 Å². The SMILES string of the molecule is O=C(Nc1ccccc1)NC1CCN(C(=O)CC2COCCN2)CC1.